The Morgan fingerprint density at radius 1 is 0.970 bits per heavy atom. The molecular weight excluding hydrogens is 460 g/mol. The van der Waals surface area contributed by atoms with Crippen LogP contribution < -0.4 is 21.7 Å². The second kappa shape index (κ2) is 13.1. The molecule has 0 fully saturated rings. The SMILES string of the molecule is CNCCCC[C@H](NC(=O)[C@H](Cc1ccc(N)cc1)NC(=O)c1cc(S)cc(S)c1)C(=O)O. The van der Waals surface area contributed by atoms with E-state index in [1.54, 1.807) is 42.5 Å². The molecule has 0 aliphatic heterocycles. The molecular formula is C23H30N4O4S2. The van der Waals surface area contributed by atoms with Crippen LogP contribution in [0.15, 0.2) is 52.3 Å². The minimum Gasteiger partial charge on any atom is -0.480 e. The zero-order valence-electron chi connectivity index (χ0n) is 18.4. The fourth-order valence-electron chi connectivity index (χ4n) is 3.25. The normalized spacial score (nSPS) is 12.6. The molecule has 0 aromatic heterocycles. The highest BCUT2D eigenvalue weighted by Gasteiger charge is 2.27. The van der Waals surface area contributed by atoms with Crippen molar-refractivity contribution in [1.82, 2.24) is 16.0 Å². The summed E-state index contributed by atoms with van der Waals surface area (Å²) in [5, 5.41) is 17.9. The summed E-state index contributed by atoms with van der Waals surface area (Å²) in [7, 11) is 1.82. The van der Waals surface area contributed by atoms with Crippen LogP contribution in [0.3, 0.4) is 0 Å². The standard InChI is InChI=1S/C23H30N4O4S2/c1-25-9-3-2-4-19(23(30)31)26-22(29)20(10-14-5-7-16(24)8-6-14)27-21(28)15-11-17(32)13-18(33)12-15/h5-8,11-13,19-20,25,32-33H,2-4,9-10,24H2,1H3,(H,26,29)(H,27,28)(H,30,31)/t19-,20-/m0/s1. The van der Waals surface area contributed by atoms with Crippen LogP contribution in [0.2, 0.25) is 0 Å². The molecule has 2 rings (SSSR count). The lowest BCUT2D eigenvalue weighted by Crippen LogP contribution is -2.52. The quantitative estimate of drug-likeness (QED) is 0.139. The van der Waals surface area contributed by atoms with Gasteiger partial charge in [0.15, 0.2) is 0 Å². The van der Waals surface area contributed by atoms with Crippen LogP contribution in [0.1, 0.15) is 35.2 Å². The number of carboxylic acids is 1. The topological polar surface area (TPSA) is 134 Å². The maximum absolute atomic E-state index is 13.1. The van der Waals surface area contributed by atoms with E-state index in [2.05, 4.69) is 41.2 Å². The average Bonchev–Trinajstić information content (AvgIpc) is 2.75. The van der Waals surface area contributed by atoms with Gasteiger partial charge in [-0.3, -0.25) is 9.59 Å². The highest BCUT2D eigenvalue weighted by molar-refractivity contribution is 7.81. The molecule has 2 aromatic carbocycles. The monoisotopic (exact) mass is 490 g/mol. The second-order valence-electron chi connectivity index (χ2n) is 7.71. The fraction of sp³-hybridized carbons (Fsp3) is 0.348. The molecule has 0 spiro atoms. The average molecular weight is 491 g/mol. The number of carbonyl (C=O) groups is 3. The Morgan fingerprint density at radius 2 is 1.61 bits per heavy atom. The first-order valence-corrected chi connectivity index (χ1v) is 11.4. The summed E-state index contributed by atoms with van der Waals surface area (Å²) >= 11 is 8.53. The highest BCUT2D eigenvalue weighted by Crippen LogP contribution is 2.17. The van der Waals surface area contributed by atoms with Gasteiger partial charge in [-0.25, -0.2) is 4.79 Å². The van der Waals surface area contributed by atoms with Gasteiger partial charge >= 0.3 is 5.97 Å². The van der Waals surface area contributed by atoms with Gasteiger partial charge < -0.3 is 26.8 Å². The van der Waals surface area contributed by atoms with Crippen LogP contribution in [-0.2, 0) is 16.0 Å². The van der Waals surface area contributed by atoms with Gasteiger partial charge in [0, 0.05) is 27.5 Å². The number of benzene rings is 2. The molecule has 0 heterocycles. The van der Waals surface area contributed by atoms with Crippen molar-refractivity contribution in [2.24, 2.45) is 0 Å². The minimum absolute atomic E-state index is 0.165. The van der Waals surface area contributed by atoms with E-state index in [-0.39, 0.29) is 12.8 Å². The van der Waals surface area contributed by atoms with Gasteiger partial charge in [0.05, 0.1) is 0 Å². The Kier molecular flexibility index (Phi) is 10.6. The van der Waals surface area contributed by atoms with Crippen molar-refractivity contribution in [2.45, 2.75) is 47.6 Å². The first-order valence-electron chi connectivity index (χ1n) is 10.6. The van der Waals surface area contributed by atoms with Crippen molar-refractivity contribution in [1.29, 1.82) is 0 Å². The van der Waals surface area contributed by atoms with Crippen molar-refractivity contribution in [3.05, 3.63) is 53.6 Å². The molecule has 2 aromatic rings. The van der Waals surface area contributed by atoms with Crippen LogP contribution >= 0.6 is 25.3 Å². The van der Waals surface area contributed by atoms with E-state index in [1.807, 2.05) is 7.05 Å². The number of carbonyl (C=O) groups excluding carboxylic acids is 2. The van der Waals surface area contributed by atoms with E-state index < -0.39 is 29.9 Å². The molecule has 0 bridgehead atoms. The van der Waals surface area contributed by atoms with Crippen LogP contribution in [-0.4, -0.2) is 48.6 Å². The molecule has 8 nitrogen and oxygen atoms in total. The molecule has 0 radical (unpaired) electrons. The molecule has 10 heteroatoms. The first-order chi connectivity index (χ1) is 15.7. The van der Waals surface area contributed by atoms with Crippen LogP contribution in [0, 0.1) is 0 Å². The smallest absolute Gasteiger partial charge is 0.326 e. The summed E-state index contributed by atoms with van der Waals surface area (Å²) < 4.78 is 0. The summed E-state index contributed by atoms with van der Waals surface area (Å²) in [5.74, 6) is -2.18. The van der Waals surface area contributed by atoms with Crippen LogP contribution in [0.5, 0.6) is 0 Å². The predicted octanol–water partition coefficient (Wildman–Crippen LogP) is 2.15. The Balaban J connectivity index is 2.19. The van der Waals surface area contributed by atoms with Gasteiger partial charge in [-0.15, -0.1) is 25.3 Å². The summed E-state index contributed by atoms with van der Waals surface area (Å²) in [6.07, 6.45) is 1.87. The minimum atomic E-state index is -1.12. The summed E-state index contributed by atoms with van der Waals surface area (Å²) in [6, 6.07) is 9.69. The number of amides is 2. The van der Waals surface area contributed by atoms with E-state index in [0.29, 0.717) is 27.5 Å². The van der Waals surface area contributed by atoms with Gasteiger partial charge in [-0.1, -0.05) is 12.1 Å². The number of nitrogen functional groups attached to an aromatic ring is 1. The van der Waals surface area contributed by atoms with Gasteiger partial charge in [0.2, 0.25) is 5.91 Å². The molecule has 0 aliphatic carbocycles. The number of nitrogens with one attached hydrogen (secondary N) is 3. The second-order valence-corrected chi connectivity index (χ2v) is 8.74. The third kappa shape index (κ3) is 8.99. The number of aliphatic carboxylic acids is 1. The fourth-order valence-corrected chi connectivity index (χ4v) is 3.90. The van der Waals surface area contributed by atoms with E-state index >= 15 is 0 Å². The lowest BCUT2D eigenvalue weighted by molar-refractivity contribution is -0.142. The number of thiol groups is 2. The zero-order chi connectivity index (χ0) is 24.4. The van der Waals surface area contributed by atoms with Crippen LogP contribution in [0.4, 0.5) is 5.69 Å². The van der Waals surface area contributed by atoms with Gasteiger partial charge in [-0.2, -0.15) is 0 Å². The molecule has 2 amide bonds. The summed E-state index contributed by atoms with van der Waals surface area (Å²) in [6.45, 7) is 0.757. The number of rotatable bonds is 12. The van der Waals surface area contributed by atoms with Gasteiger partial charge in [0.25, 0.3) is 5.91 Å². The largest absolute Gasteiger partial charge is 0.480 e. The molecule has 2 atom stereocenters. The first kappa shape index (κ1) is 26.6. The molecule has 0 aliphatic rings. The third-order valence-electron chi connectivity index (χ3n) is 4.99. The summed E-state index contributed by atoms with van der Waals surface area (Å²) in [5.41, 5.74) is 7.37. The number of unbranched alkanes of at least 4 members (excludes halogenated alkanes) is 1. The number of carboxylic acid groups (broad SMARTS) is 1. The number of nitrogens with two attached hydrogens (primary N) is 1. The van der Waals surface area contributed by atoms with Crippen molar-refractivity contribution in [3.63, 3.8) is 0 Å². The maximum atomic E-state index is 13.1. The van der Waals surface area contributed by atoms with Crippen molar-refractivity contribution in [3.8, 4) is 0 Å². The van der Waals surface area contributed by atoms with E-state index in [9.17, 15) is 19.5 Å². The Bertz CT molecular complexity index is 949. The van der Waals surface area contributed by atoms with E-state index in [4.69, 9.17) is 5.73 Å². The van der Waals surface area contributed by atoms with E-state index in [0.717, 1.165) is 18.5 Å². The summed E-state index contributed by atoms with van der Waals surface area (Å²) in [4.78, 5) is 38.7. The lowest BCUT2D eigenvalue weighted by atomic mass is 10.0. The molecule has 178 valence electrons. The predicted molar refractivity (Wildman–Crippen MR) is 134 cm³/mol. The highest BCUT2D eigenvalue weighted by atomic mass is 32.1. The number of hydrogen-bond acceptors (Lipinski definition) is 7. The zero-order valence-corrected chi connectivity index (χ0v) is 20.2. The Morgan fingerprint density at radius 3 is 2.18 bits per heavy atom. The number of hydrogen-bond donors (Lipinski definition) is 7. The van der Waals surface area contributed by atoms with Crippen molar-refractivity contribution < 1.29 is 19.5 Å². The molecule has 0 unspecified atom stereocenters. The molecule has 6 N–H and O–H groups in total. The van der Waals surface area contributed by atoms with Crippen molar-refractivity contribution >= 4 is 48.7 Å². The Hall–Kier alpha value is -2.69. The molecule has 33 heavy (non-hydrogen) atoms. The van der Waals surface area contributed by atoms with E-state index in [1.165, 1.54) is 0 Å². The van der Waals surface area contributed by atoms with Crippen molar-refractivity contribution in [2.75, 3.05) is 19.3 Å². The maximum Gasteiger partial charge on any atom is 0.326 e. The lowest BCUT2D eigenvalue weighted by Gasteiger charge is -2.22. The molecule has 0 saturated heterocycles. The molecule has 0 saturated carbocycles. The number of anilines is 1. The van der Waals surface area contributed by atoms with Crippen LogP contribution in [0.25, 0.3) is 0 Å². The third-order valence-corrected chi connectivity index (χ3v) is 5.51. The van der Waals surface area contributed by atoms with Gasteiger partial charge in [0.1, 0.15) is 12.1 Å². The Labute approximate surface area is 204 Å². The van der Waals surface area contributed by atoms with Gasteiger partial charge in [-0.05, 0) is 68.8 Å².